The molecule has 2 heteroatoms. The van der Waals surface area contributed by atoms with E-state index in [1.807, 2.05) is 26.0 Å². The predicted molar refractivity (Wildman–Crippen MR) is 74.5 cm³/mol. The summed E-state index contributed by atoms with van der Waals surface area (Å²) in [6.07, 6.45) is 5.87. The van der Waals surface area contributed by atoms with Crippen LogP contribution in [0, 0.1) is 19.8 Å². The van der Waals surface area contributed by atoms with Crippen LogP contribution in [0.5, 0.6) is 0 Å². The first-order valence-corrected chi connectivity index (χ1v) is 7.20. The third-order valence-electron chi connectivity index (χ3n) is 3.72. The molecule has 0 heterocycles. The normalized spacial score (nSPS) is 17.1. The molecular formula is C15H19BrO. The van der Waals surface area contributed by atoms with Crippen LogP contribution in [0.3, 0.4) is 0 Å². The quantitative estimate of drug-likeness (QED) is 0.714. The van der Waals surface area contributed by atoms with E-state index in [9.17, 15) is 4.79 Å². The van der Waals surface area contributed by atoms with Crippen LogP contribution in [-0.2, 0) is 0 Å². The summed E-state index contributed by atoms with van der Waals surface area (Å²) in [6.45, 7) is 4.07. The highest BCUT2D eigenvalue weighted by Crippen LogP contribution is 2.30. The number of aryl methyl sites for hydroxylation is 2. The van der Waals surface area contributed by atoms with E-state index in [4.69, 9.17) is 0 Å². The highest BCUT2D eigenvalue weighted by molar-refractivity contribution is 9.10. The average Bonchev–Trinajstić information content (AvgIpc) is 2.28. The minimum atomic E-state index is 0.266. The molecule has 1 saturated carbocycles. The van der Waals surface area contributed by atoms with Crippen LogP contribution >= 0.6 is 15.9 Å². The molecule has 1 fully saturated rings. The Morgan fingerprint density at radius 3 is 2.18 bits per heavy atom. The van der Waals surface area contributed by atoms with Crippen molar-refractivity contribution in [3.05, 3.63) is 33.3 Å². The van der Waals surface area contributed by atoms with Crippen molar-refractivity contribution in [2.45, 2.75) is 46.0 Å². The molecule has 0 spiro atoms. The van der Waals surface area contributed by atoms with Crippen LogP contribution in [-0.4, -0.2) is 5.78 Å². The number of ketones is 1. The van der Waals surface area contributed by atoms with Crippen LogP contribution in [0.1, 0.15) is 53.6 Å². The fourth-order valence-corrected chi connectivity index (χ4v) is 3.55. The zero-order valence-electron chi connectivity index (χ0n) is 10.6. The molecule has 0 atom stereocenters. The Kier molecular flexibility index (Phi) is 4.03. The molecule has 2 rings (SSSR count). The van der Waals surface area contributed by atoms with Gasteiger partial charge in [0, 0.05) is 16.0 Å². The van der Waals surface area contributed by atoms with Gasteiger partial charge in [0.05, 0.1) is 0 Å². The number of benzene rings is 1. The van der Waals surface area contributed by atoms with Gasteiger partial charge in [-0.15, -0.1) is 0 Å². The molecule has 0 radical (unpaired) electrons. The van der Waals surface area contributed by atoms with Crippen molar-refractivity contribution in [3.8, 4) is 0 Å². The number of Topliss-reactive ketones (excluding diaryl/α,β-unsaturated/α-hetero) is 1. The summed E-state index contributed by atoms with van der Waals surface area (Å²) in [7, 11) is 0. The van der Waals surface area contributed by atoms with Gasteiger partial charge in [0.2, 0.25) is 0 Å². The van der Waals surface area contributed by atoms with Crippen molar-refractivity contribution in [2.24, 2.45) is 5.92 Å². The molecular weight excluding hydrogens is 276 g/mol. The summed E-state index contributed by atoms with van der Waals surface area (Å²) in [5.74, 6) is 0.634. The number of rotatable bonds is 2. The minimum absolute atomic E-state index is 0.266. The van der Waals surface area contributed by atoms with Gasteiger partial charge in [-0.25, -0.2) is 0 Å². The molecule has 0 amide bonds. The van der Waals surface area contributed by atoms with Crippen molar-refractivity contribution < 1.29 is 4.79 Å². The lowest BCUT2D eigenvalue weighted by Crippen LogP contribution is -2.19. The van der Waals surface area contributed by atoms with Crippen molar-refractivity contribution in [2.75, 3.05) is 0 Å². The molecule has 92 valence electrons. The van der Waals surface area contributed by atoms with E-state index in [1.54, 1.807) is 0 Å². The van der Waals surface area contributed by atoms with Crippen molar-refractivity contribution in [3.63, 3.8) is 0 Å². The topological polar surface area (TPSA) is 17.1 Å². The van der Waals surface area contributed by atoms with E-state index in [0.29, 0.717) is 5.78 Å². The molecule has 0 saturated heterocycles. The van der Waals surface area contributed by atoms with Crippen LogP contribution in [0.2, 0.25) is 0 Å². The monoisotopic (exact) mass is 294 g/mol. The Labute approximate surface area is 112 Å². The van der Waals surface area contributed by atoms with Gasteiger partial charge in [-0.05, 0) is 49.9 Å². The van der Waals surface area contributed by atoms with E-state index in [0.717, 1.165) is 34.0 Å². The van der Waals surface area contributed by atoms with Crippen LogP contribution in [0.25, 0.3) is 0 Å². The number of carbonyl (C=O) groups is 1. The zero-order valence-corrected chi connectivity index (χ0v) is 12.1. The summed E-state index contributed by atoms with van der Waals surface area (Å²) >= 11 is 3.48. The SMILES string of the molecule is Cc1cc(Br)cc(C)c1C(=O)C1CCCCC1. The van der Waals surface area contributed by atoms with E-state index in [1.165, 1.54) is 19.3 Å². The van der Waals surface area contributed by atoms with Gasteiger partial charge >= 0.3 is 0 Å². The van der Waals surface area contributed by atoms with E-state index >= 15 is 0 Å². The van der Waals surface area contributed by atoms with Crippen molar-refractivity contribution >= 4 is 21.7 Å². The smallest absolute Gasteiger partial charge is 0.166 e. The number of halogens is 1. The number of hydrogen-bond acceptors (Lipinski definition) is 1. The van der Waals surface area contributed by atoms with E-state index in [-0.39, 0.29) is 5.92 Å². The second-order valence-electron chi connectivity index (χ2n) is 5.11. The first-order valence-electron chi connectivity index (χ1n) is 6.40. The summed E-state index contributed by atoms with van der Waals surface area (Å²) in [5, 5.41) is 0. The highest BCUT2D eigenvalue weighted by atomic mass is 79.9. The summed E-state index contributed by atoms with van der Waals surface area (Å²) < 4.78 is 1.06. The minimum Gasteiger partial charge on any atom is -0.294 e. The molecule has 0 N–H and O–H groups in total. The molecule has 1 aromatic rings. The van der Waals surface area contributed by atoms with Crippen LogP contribution in [0.15, 0.2) is 16.6 Å². The number of carbonyl (C=O) groups excluding carboxylic acids is 1. The maximum absolute atomic E-state index is 12.5. The molecule has 0 bridgehead atoms. The van der Waals surface area contributed by atoms with E-state index in [2.05, 4.69) is 15.9 Å². The Morgan fingerprint density at radius 1 is 1.12 bits per heavy atom. The molecule has 1 nitrogen and oxygen atoms in total. The van der Waals surface area contributed by atoms with Gasteiger partial charge in [-0.1, -0.05) is 35.2 Å². The predicted octanol–water partition coefficient (Wildman–Crippen LogP) is 4.83. The Hall–Kier alpha value is -0.630. The van der Waals surface area contributed by atoms with Gasteiger partial charge in [-0.3, -0.25) is 4.79 Å². The molecule has 1 aromatic carbocycles. The summed E-state index contributed by atoms with van der Waals surface area (Å²) in [5.41, 5.74) is 3.17. The standard InChI is InChI=1S/C15H19BrO/c1-10-8-13(16)9-11(2)14(10)15(17)12-6-4-3-5-7-12/h8-9,12H,3-7H2,1-2H3. The molecule has 1 aliphatic rings. The van der Waals surface area contributed by atoms with Crippen LogP contribution in [0.4, 0.5) is 0 Å². The lowest BCUT2D eigenvalue weighted by atomic mass is 9.82. The first-order chi connectivity index (χ1) is 8.09. The molecule has 0 aliphatic heterocycles. The maximum atomic E-state index is 12.5. The number of hydrogen-bond donors (Lipinski definition) is 0. The van der Waals surface area contributed by atoms with Gasteiger partial charge in [0.15, 0.2) is 5.78 Å². The molecule has 0 aromatic heterocycles. The van der Waals surface area contributed by atoms with Crippen molar-refractivity contribution in [1.82, 2.24) is 0 Å². The summed E-state index contributed by atoms with van der Waals surface area (Å²) in [6, 6.07) is 4.09. The van der Waals surface area contributed by atoms with Crippen molar-refractivity contribution in [1.29, 1.82) is 0 Å². The molecule has 0 unspecified atom stereocenters. The fourth-order valence-electron chi connectivity index (χ4n) is 2.87. The first kappa shape index (κ1) is 12.8. The lowest BCUT2D eigenvalue weighted by Gasteiger charge is -2.22. The largest absolute Gasteiger partial charge is 0.294 e. The van der Waals surface area contributed by atoms with E-state index < -0.39 is 0 Å². The Balaban J connectivity index is 2.30. The zero-order chi connectivity index (χ0) is 12.4. The Morgan fingerprint density at radius 2 is 1.65 bits per heavy atom. The van der Waals surface area contributed by atoms with Gasteiger partial charge in [0.25, 0.3) is 0 Å². The van der Waals surface area contributed by atoms with Gasteiger partial charge in [-0.2, -0.15) is 0 Å². The van der Waals surface area contributed by atoms with Crippen LogP contribution < -0.4 is 0 Å². The molecule has 17 heavy (non-hydrogen) atoms. The fraction of sp³-hybridized carbons (Fsp3) is 0.533. The lowest BCUT2D eigenvalue weighted by molar-refractivity contribution is 0.0888. The second kappa shape index (κ2) is 5.34. The molecule has 1 aliphatic carbocycles. The third kappa shape index (κ3) is 2.79. The Bertz CT molecular complexity index is 408. The second-order valence-corrected chi connectivity index (χ2v) is 6.03. The summed E-state index contributed by atoms with van der Waals surface area (Å²) in [4.78, 5) is 12.5. The van der Waals surface area contributed by atoms with Gasteiger partial charge < -0.3 is 0 Å². The third-order valence-corrected chi connectivity index (χ3v) is 4.18. The average molecular weight is 295 g/mol. The highest BCUT2D eigenvalue weighted by Gasteiger charge is 2.24. The van der Waals surface area contributed by atoms with Gasteiger partial charge in [0.1, 0.15) is 0 Å². The maximum Gasteiger partial charge on any atom is 0.166 e.